The number of nitrogens with one attached hydrogen (secondary N) is 4. The third-order valence-corrected chi connectivity index (χ3v) is 9.98. The monoisotopic (exact) mass is 736 g/mol. The van der Waals surface area contributed by atoms with Crippen molar-refractivity contribution in [1.82, 2.24) is 24.9 Å². The molecule has 0 aliphatic rings. The Kier molecular flexibility index (Phi) is 13.4. The molecule has 0 aliphatic carbocycles. The van der Waals surface area contributed by atoms with E-state index >= 15 is 0 Å². The molecule has 1 aromatic heterocycles. The molecule has 3 aromatic carbocycles. The minimum Gasteiger partial charge on any atom is -0.453 e. The Labute approximate surface area is 304 Å². The molecule has 0 spiro atoms. The van der Waals surface area contributed by atoms with Crippen LogP contribution in [0.25, 0.3) is 11.0 Å². The molecule has 0 fully saturated rings. The number of alkyl carbamates (subject to hydrolysis) is 1. The minimum absolute atomic E-state index is 0.0134. The lowest BCUT2D eigenvalue weighted by Crippen LogP contribution is -2.58. The number of nitrogens with zero attached hydrogens (tertiary/aromatic N) is 2. The number of methoxy groups -OCH3 is 1. The summed E-state index contributed by atoms with van der Waals surface area (Å²) in [7, 11) is -2.98. The quantitative estimate of drug-likeness (QED) is 0.114. The molecule has 0 bridgehead atoms. The Morgan fingerprint density at radius 1 is 0.904 bits per heavy atom. The van der Waals surface area contributed by atoms with Crippen LogP contribution < -0.4 is 16.0 Å². The highest BCUT2D eigenvalue weighted by Gasteiger charge is 2.37. The largest absolute Gasteiger partial charge is 0.453 e. The first-order valence-corrected chi connectivity index (χ1v) is 18.3. The highest BCUT2D eigenvalue weighted by Crippen LogP contribution is 2.25. The van der Waals surface area contributed by atoms with Crippen molar-refractivity contribution in [1.29, 1.82) is 0 Å². The van der Waals surface area contributed by atoms with Crippen LogP contribution >= 0.6 is 0 Å². The number of sulfonamides is 1. The maximum Gasteiger partial charge on any atom is 0.413 e. The van der Waals surface area contributed by atoms with Crippen molar-refractivity contribution < 1.29 is 37.4 Å². The van der Waals surface area contributed by atoms with Gasteiger partial charge in [-0.3, -0.25) is 10.1 Å². The fourth-order valence-corrected chi connectivity index (χ4v) is 7.14. The molecule has 15 heteroatoms. The van der Waals surface area contributed by atoms with Crippen LogP contribution in [0, 0.1) is 11.3 Å². The van der Waals surface area contributed by atoms with Crippen LogP contribution in [0.1, 0.15) is 45.7 Å². The average molecular weight is 737 g/mol. The zero-order valence-electron chi connectivity index (χ0n) is 30.3. The highest BCUT2D eigenvalue weighted by molar-refractivity contribution is 7.89. The van der Waals surface area contributed by atoms with Gasteiger partial charge in [0.2, 0.25) is 21.9 Å². The lowest BCUT2D eigenvalue weighted by molar-refractivity contribution is -0.127. The number of ether oxygens (including phenoxy) is 2. The molecule has 0 saturated carbocycles. The van der Waals surface area contributed by atoms with Gasteiger partial charge in [-0.15, -0.1) is 0 Å². The molecule has 0 saturated heterocycles. The van der Waals surface area contributed by atoms with E-state index in [2.05, 4.69) is 30.7 Å². The number of carbonyl (C=O) groups excluding carboxylic acids is 3. The number of amides is 3. The van der Waals surface area contributed by atoms with Gasteiger partial charge in [-0.1, -0.05) is 95.3 Å². The van der Waals surface area contributed by atoms with Gasteiger partial charge in [0.15, 0.2) is 0 Å². The summed E-state index contributed by atoms with van der Waals surface area (Å²) in [5, 5.41) is 19.8. The molecular formula is C37H48N6O8S. The second-order valence-corrected chi connectivity index (χ2v) is 15.9. The molecule has 4 aromatic rings. The maximum absolute atomic E-state index is 14.1. The Hall–Kier alpha value is -4.99. The summed E-state index contributed by atoms with van der Waals surface area (Å²) >= 11 is 0. The van der Waals surface area contributed by atoms with E-state index in [0.29, 0.717) is 11.0 Å². The standard InChI is InChI=1S/C37H48N6O8S/c1-24(2)21-43(52(48,49)27-17-18-28-29(20-27)40-34(39-28)42-35(46)50-6)22-31(44)30(19-25-13-9-7-10-14-25)38-33(45)32(37(3,4)5)41-36(47)51-23-26-15-11-8-12-16-26/h7-18,20,24,30-32,44H,19,21-23H2,1-6H3,(H,38,45)(H,41,47)(H2,39,40,42,46). The number of carbonyl (C=O) groups is 3. The molecule has 52 heavy (non-hydrogen) atoms. The molecule has 3 unspecified atom stereocenters. The topological polar surface area (TPSA) is 192 Å². The number of fused-ring (bicyclic) bond motifs is 1. The number of imidazole rings is 1. The lowest BCUT2D eigenvalue weighted by Gasteiger charge is -2.34. The average Bonchev–Trinajstić information content (AvgIpc) is 3.50. The van der Waals surface area contributed by atoms with Crippen LogP contribution in [0.5, 0.6) is 0 Å². The highest BCUT2D eigenvalue weighted by atomic mass is 32.2. The molecule has 280 valence electrons. The van der Waals surface area contributed by atoms with Crippen molar-refractivity contribution in [2.45, 2.75) is 70.7 Å². The van der Waals surface area contributed by atoms with E-state index in [4.69, 9.17) is 4.74 Å². The zero-order chi connectivity index (χ0) is 38.1. The minimum atomic E-state index is -4.19. The molecule has 0 aliphatic heterocycles. The van der Waals surface area contributed by atoms with Crippen molar-refractivity contribution in [3.05, 3.63) is 90.0 Å². The summed E-state index contributed by atoms with van der Waals surface area (Å²) in [6, 6.07) is 20.6. The van der Waals surface area contributed by atoms with Gasteiger partial charge < -0.3 is 30.2 Å². The second kappa shape index (κ2) is 17.5. The smallest absolute Gasteiger partial charge is 0.413 e. The van der Waals surface area contributed by atoms with Crippen LogP contribution in [0.4, 0.5) is 15.5 Å². The number of hydrogen-bond donors (Lipinski definition) is 5. The van der Waals surface area contributed by atoms with E-state index in [1.807, 2.05) is 74.5 Å². The zero-order valence-corrected chi connectivity index (χ0v) is 31.1. The summed E-state index contributed by atoms with van der Waals surface area (Å²) in [6.07, 6.45) is -2.71. The van der Waals surface area contributed by atoms with E-state index in [1.54, 1.807) is 20.8 Å². The van der Waals surface area contributed by atoms with Gasteiger partial charge in [0.25, 0.3) is 0 Å². The van der Waals surface area contributed by atoms with Crippen LogP contribution in [0.15, 0.2) is 83.8 Å². The lowest BCUT2D eigenvalue weighted by atomic mass is 9.85. The van der Waals surface area contributed by atoms with Crippen molar-refractivity contribution in [3.63, 3.8) is 0 Å². The first kappa shape index (κ1) is 39.8. The molecule has 4 rings (SSSR count). The van der Waals surface area contributed by atoms with Crippen molar-refractivity contribution >= 4 is 45.1 Å². The van der Waals surface area contributed by atoms with Gasteiger partial charge in [-0.05, 0) is 47.1 Å². The number of aliphatic hydroxyl groups is 1. The Balaban J connectivity index is 1.58. The number of H-pyrrole nitrogens is 1. The maximum atomic E-state index is 14.1. The molecular weight excluding hydrogens is 689 g/mol. The van der Waals surface area contributed by atoms with Crippen molar-refractivity contribution in [3.8, 4) is 0 Å². The second-order valence-electron chi connectivity index (χ2n) is 14.0. The fourth-order valence-electron chi connectivity index (χ4n) is 5.49. The summed E-state index contributed by atoms with van der Waals surface area (Å²) < 4.78 is 39.5. The number of hydrogen-bond acceptors (Lipinski definition) is 9. The molecule has 3 atom stereocenters. The predicted octanol–water partition coefficient (Wildman–Crippen LogP) is 4.82. The van der Waals surface area contributed by atoms with Gasteiger partial charge in [0.1, 0.15) is 12.6 Å². The summed E-state index contributed by atoms with van der Waals surface area (Å²) in [6.45, 7) is 8.83. The molecule has 0 radical (unpaired) electrons. The van der Waals surface area contributed by atoms with Crippen molar-refractivity contribution in [2.24, 2.45) is 11.3 Å². The molecule has 1 heterocycles. The number of aromatic amines is 1. The first-order chi connectivity index (χ1) is 24.6. The molecule has 14 nitrogen and oxygen atoms in total. The van der Waals surface area contributed by atoms with E-state index in [1.165, 1.54) is 29.6 Å². The van der Waals surface area contributed by atoms with Gasteiger partial charge in [-0.2, -0.15) is 4.31 Å². The summed E-state index contributed by atoms with van der Waals surface area (Å²) in [5.74, 6) is -0.603. The third kappa shape index (κ3) is 11.0. The fraction of sp³-hybridized carbons (Fsp3) is 0.405. The Morgan fingerprint density at radius 3 is 2.13 bits per heavy atom. The number of benzene rings is 3. The van der Waals surface area contributed by atoms with E-state index in [0.717, 1.165) is 11.1 Å². The van der Waals surface area contributed by atoms with Crippen LogP contribution in [0.3, 0.4) is 0 Å². The van der Waals surface area contributed by atoms with Crippen LogP contribution in [-0.2, 0) is 37.3 Å². The molecule has 3 amide bonds. The van der Waals surface area contributed by atoms with E-state index < -0.39 is 51.7 Å². The Morgan fingerprint density at radius 2 is 1.54 bits per heavy atom. The third-order valence-electron chi connectivity index (χ3n) is 8.15. The number of aromatic nitrogens is 2. The Bertz CT molecular complexity index is 1910. The van der Waals surface area contributed by atoms with Crippen molar-refractivity contribution in [2.75, 3.05) is 25.5 Å². The van der Waals surface area contributed by atoms with Gasteiger partial charge >= 0.3 is 12.2 Å². The van der Waals surface area contributed by atoms with Gasteiger partial charge in [-0.25, -0.2) is 23.0 Å². The number of rotatable bonds is 15. The van der Waals surface area contributed by atoms with Crippen LogP contribution in [0.2, 0.25) is 0 Å². The number of anilines is 1. The van der Waals surface area contributed by atoms with E-state index in [9.17, 15) is 27.9 Å². The predicted molar refractivity (Wildman–Crippen MR) is 197 cm³/mol. The molecule has 5 N–H and O–H groups in total. The summed E-state index contributed by atoms with van der Waals surface area (Å²) in [4.78, 5) is 45.5. The van der Waals surface area contributed by atoms with E-state index in [-0.39, 0.29) is 42.9 Å². The van der Waals surface area contributed by atoms with Crippen LogP contribution in [-0.4, -0.2) is 84.3 Å². The van der Waals surface area contributed by atoms with Gasteiger partial charge in [0, 0.05) is 13.1 Å². The van der Waals surface area contributed by atoms with Gasteiger partial charge in [0.05, 0.1) is 35.2 Å². The SMILES string of the molecule is COC(=O)Nc1nc2ccc(S(=O)(=O)N(CC(C)C)CC(O)C(Cc3ccccc3)NC(=O)C(NC(=O)OCc3ccccc3)C(C)(C)C)cc2[nH]1. The first-order valence-electron chi connectivity index (χ1n) is 16.9. The summed E-state index contributed by atoms with van der Waals surface area (Å²) in [5.41, 5.74) is 1.59. The number of aliphatic hydroxyl groups excluding tert-OH is 1. The normalized spacial score (nSPS) is 13.7.